The van der Waals surface area contributed by atoms with Crippen LogP contribution in [0.2, 0.25) is 5.02 Å². The lowest BCUT2D eigenvalue weighted by Crippen LogP contribution is -2.64. The number of benzene rings is 1. The molecule has 0 aliphatic carbocycles. The number of fused-ring (bicyclic) bond motifs is 6. The van der Waals surface area contributed by atoms with Gasteiger partial charge in [-0.15, -0.1) is 0 Å². The molecule has 13 heteroatoms. The van der Waals surface area contributed by atoms with Crippen molar-refractivity contribution in [3.63, 3.8) is 0 Å². The van der Waals surface area contributed by atoms with Crippen molar-refractivity contribution in [3.8, 4) is 16.9 Å². The van der Waals surface area contributed by atoms with Gasteiger partial charge in [-0.05, 0) is 89.2 Å². The molecule has 0 bridgehead atoms. The molecule has 1 N–H and O–H groups in total. The first-order valence-corrected chi connectivity index (χ1v) is 18.6. The van der Waals surface area contributed by atoms with Crippen LogP contribution in [-0.4, -0.2) is 98.7 Å². The predicted octanol–water partition coefficient (Wildman–Crippen LogP) is 5.38. The molecule has 1 saturated heterocycles. The molecule has 2 aliphatic rings. The molecule has 2 atom stereocenters. The van der Waals surface area contributed by atoms with Gasteiger partial charge in [0.1, 0.15) is 11.3 Å². The molecular weight excluding hydrogens is 690 g/mol. The molecule has 2 unspecified atom stereocenters. The number of carbonyl (C=O) groups excluding carboxylic acids is 1. The minimum Gasteiger partial charge on any atom is -0.363 e. The predicted molar refractivity (Wildman–Crippen MR) is 214 cm³/mol. The number of amides is 1. The van der Waals surface area contributed by atoms with Gasteiger partial charge in [0.05, 0.1) is 44.9 Å². The number of nitrogens with zero attached hydrogens (tertiary/aromatic N) is 8. The first kappa shape index (κ1) is 36.4. The van der Waals surface area contributed by atoms with Crippen molar-refractivity contribution in [1.29, 1.82) is 0 Å². The monoisotopic (exact) mass is 737 g/mol. The summed E-state index contributed by atoms with van der Waals surface area (Å²) in [6.07, 6.45) is 4.00. The van der Waals surface area contributed by atoms with Crippen LogP contribution in [0.1, 0.15) is 49.9 Å². The fourth-order valence-corrected chi connectivity index (χ4v) is 8.50. The van der Waals surface area contributed by atoms with E-state index in [2.05, 4.69) is 40.1 Å². The van der Waals surface area contributed by atoms with E-state index < -0.39 is 0 Å². The van der Waals surface area contributed by atoms with Gasteiger partial charge in [-0.2, -0.15) is 0 Å². The molecule has 1 fully saturated rings. The quantitative estimate of drug-likeness (QED) is 0.211. The Labute approximate surface area is 314 Å². The number of halogens is 1. The van der Waals surface area contributed by atoms with Gasteiger partial charge in [-0.3, -0.25) is 23.7 Å². The average molecular weight is 738 g/mol. The van der Waals surface area contributed by atoms with Crippen molar-refractivity contribution in [1.82, 2.24) is 33.9 Å². The molecule has 4 aromatic heterocycles. The maximum absolute atomic E-state index is 15.6. The van der Waals surface area contributed by atoms with E-state index >= 15 is 4.79 Å². The van der Waals surface area contributed by atoms with Gasteiger partial charge in [-0.1, -0.05) is 38.1 Å². The molecule has 0 saturated carbocycles. The van der Waals surface area contributed by atoms with Gasteiger partial charge in [0.2, 0.25) is 5.91 Å². The highest BCUT2D eigenvalue weighted by Crippen LogP contribution is 2.45. The number of hydrogen-bond donors (Lipinski definition) is 1. The van der Waals surface area contributed by atoms with Crippen molar-refractivity contribution >= 4 is 50.9 Å². The Morgan fingerprint density at radius 2 is 1.85 bits per heavy atom. The Balaban J connectivity index is 1.60. The van der Waals surface area contributed by atoms with Crippen LogP contribution in [0.15, 0.2) is 52.7 Å². The summed E-state index contributed by atoms with van der Waals surface area (Å²) in [5.74, 6) is -0.0920. The lowest BCUT2D eigenvalue weighted by molar-refractivity contribution is -0.128. The number of pyridine rings is 3. The molecule has 0 radical (unpaired) electrons. The highest BCUT2D eigenvalue weighted by Gasteiger charge is 2.42. The molecule has 6 heterocycles. The van der Waals surface area contributed by atoms with Crippen molar-refractivity contribution in [2.24, 2.45) is 7.05 Å². The second kappa shape index (κ2) is 13.8. The summed E-state index contributed by atoms with van der Waals surface area (Å²) in [5.41, 5.74) is 7.21. The van der Waals surface area contributed by atoms with Crippen LogP contribution >= 0.6 is 11.6 Å². The van der Waals surface area contributed by atoms with E-state index in [4.69, 9.17) is 21.6 Å². The summed E-state index contributed by atoms with van der Waals surface area (Å²) in [4.78, 5) is 63.1. The van der Waals surface area contributed by atoms with E-state index in [1.54, 1.807) is 22.4 Å². The summed E-state index contributed by atoms with van der Waals surface area (Å²) in [7, 11) is 5.82. The standard InChI is InChI=1S/C40H48ClN9O3/c1-10-30(51)48-21-26-20-47(17-11-16-45(7)8)37-35(49(26)19-25(48)6)27-18-28(41)33(31-23(4)12-13-29-36(31)46(9)40(53)43-29)44-38(27)50(39(37)52)34-24(5)14-15-42-32(34)22(2)3/h10,12-15,18,22,25-26H,1,11,16-17,19-21H2,2-9H3,(H,43,53). The zero-order chi connectivity index (χ0) is 38.0. The maximum Gasteiger partial charge on any atom is 0.326 e. The largest absolute Gasteiger partial charge is 0.363 e. The fourth-order valence-electron chi connectivity index (χ4n) is 8.26. The number of aromatic amines is 1. The molecule has 1 amide bonds. The SMILES string of the molecule is C=CC(=O)N1CC2CN(CCCN(C)C)c3c(c4cc(Cl)c(-c5c(C)ccc6[nH]c(=O)n(C)c56)nc4n(-c4c(C)ccnc4C(C)C)c3=O)N2CC1C. The van der Waals surface area contributed by atoms with E-state index in [1.165, 1.54) is 6.08 Å². The van der Waals surface area contributed by atoms with Gasteiger partial charge >= 0.3 is 5.69 Å². The minimum atomic E-state index is -0.245. The number of carbonyl (C=O) groups is 1. The van der Waals surface area contributed by atoms with Crippen LogP contribution in [-0.2, 0) is 11.8 Å². The molecule has 0 spiro atoms. The van der Waals surface area contributed by atoms with E-state index in [-0.39, 0.29) is 35.2 Å². The van der Waals surface area contributed by atoms with Gasteiger partial charge < -0.3 is 24.6 Å². The normalized spacial score (nSPS) is 17.3. The summed E-state index contributed by atoms with van der Waals surface area (Å²) in [6, 6.07) is 7.47. The van der Waals surface area contributed by atoms with Crippen LogP contribution in [0.25, 0.3) is 39.0 Å². The average Bonchev–Trinajstić information content (AvgIpc) is 3.40. The summed E-state index contributed by atoms with van der Waals surface area (Å²) < 4.78 is 3.32. The highest BCUT2D eigenvalue weighted by atomic mass is 35.5. The topological polar surface area (TPSA) is 116 Å². The number of aryl methyl sites for hydroxylation is 3. The highest BCUT2D eigenvalue weighted by molar-refractivity contribution is 6.34. The molecule has 12 nitrogen and oxygen atoms in total. The third kappa shape index (κ3) is 6.01. The molecule has 1 aromatic carbocycles. The third-order valence-corrected chi connectivity index (χ3v) is 11.1. The smallest absolute Gasteiger partial charge is 0.326 e. The van der Waals surface area contributed by atoms with E-state index in [9.17, 15) is 9.59 Å². The fraction of sp³-hybridized carbons (Fsp3) is 0.425. The summed E-state index contributed by atoms with van der Waals surface area (Å²) in [5, 5.41) is 1.13. The van der Waals surface area contributed by atoms with Gasteiger partial charge in [-0.25, -0.2) is 9.78 Å². The Morgan fingerprint density at radius 1 is 1.09 bits per heavy atom. The number of H-pyrrole nitrogens is 1. The van der Waals surface area contributed by atoms with Crippen LogP contribution < -0.4 is 21.0 Å². The number of imidazole rings is 1. The number of nitrogens with one attached hydrogen (secondary N) is 1. The Hall–Kier alpha value is -4.94. The van der Waals surface area contributed by atoms with E-state index in [0.29, 0.717) is 70.5 Å². The Bertz CT molecular complexity index is 2410. The van der Waals surface area contributed by atoms with Crippen LogP contribution in [0, 0.1) is 13.8 Å². The van der Waals surface area contributed by atoms with E-state index in [1.807, 2.05) is 64.0 Å². The molecule has 278 valence electrons. The molecule has 5 aromatic rings. The number of rotatable bonds is 8. The van der Waals surface area contributed by atoms with Crippen molar-refractivity contribution < 1.29 is 4.79 Å². The second-order valence-electron chi connectivity index (χ2n) is 15.1. The van der Waals surface area contributed by atoms with E-state index in [0.717, 1.165) is 40.9 Å². The maximum atomic E-state index is 15.6. The van der Waals surface area contributed by atoms with Crippen molar-refractivity contribution in [2.45, 2.75) is 59.0 Å². The molecular formula is C40H48ClN9O3. The lowest BCUT2D eigenvalue weighted by Gasteiger charge is -2.52. The van der Waals surface area contributed by atoms with Crippen molar-refractivity contribution in [3.05, 3.63) is 85.8 Å². The zero-order valence-corrected chi connectivity index (χ0v) is 32.6. The molecule has 7 rings (SSSR count). The van der Waals surface area contributed by atoms with Gasteiger partial charge in [0.15, 0.2) is 0 Å². The van der Waals surface area contributed by atoms with Gasteiger partial charge in [0, 0.05) is 56.4 Å². The Kier molecular flexibility index (Phi) is 9.48. The first-order chi connectivity index (χ1) is 25.2. The molecule has 2 aliphatic heterocycles. The van der Waals surface area contributed by atoms with Crippen molar-refractivity contribution in [2.75, 3.05) is 56.6 Å². The lowest BCUT2D eigenvalue weighted by atomic mass is 9.97. The number of anilines is 2. The molecule has 53 heavy (non-hydrogen) atoms. The summed E-state index contributed by atoms with van der Waals surface area (Å²) in [6.45, 7) is 17.0. The number of hydrogen-bond acceptors (Lipinski definition) is 8. The van der Waals surface area contributed by atoms with Crippen LogP contribution in [0.3, 0.4) is 0 Å². The minimum absolute atomic E-state index is 0.0110. The second-order valence-corrected chi connectivity index (χ2v) is 15.5. The Morgan fingerprint density at radius 3 is 2.55 bits per heavy atom. The van der Waals surface area contributed by atoms with Crippen LogP contribution in [0.5, 0.6) is 0 Å². The summed E-state index contributed by atoms with van der Waals surface area (Å²) >= 11 is 7.34. The zero-order valence-electron chi connectivity index (χ0n) is 31.8. The van der Waals surface area contributed by atoms with Gasteiger partial charge in [0.25, 0.3) is 5.56 Å². The first-order valence-electron chi connectivity index (χ1n) is 18.3. The number of piperazine rings is 1. The number of aromatic nitrogens is 5. The van der Waals surface area contributed by atoms with Crippen LogP contribution in [0.4, 0.5) is 11.4 Å². The third-order valence-electron chi connectivity index (χ3n) is 10.8.